The number of aryl methyl sites for hydroxylation is 1. The van der Waals surface area contributed by atoms with E-state index in [0.29, 0.717) is 5.69 Å². The molecular formula is C21H26N2O8. The van der Waals surface area contributed by atoms with Crippen LogP contribution in [0.4, 0.5) is 5.69 Å². The largest absolute Gasteiger partial charge is 0.462 e. The van der Waals surface area contributed by atoms with Crippen molar-refractivity contribution in [1.82, 2.24) is 0 Å². The summed E-state index contributed by atoms with van der Waals surface area (Å²) in [5, 5.41) is 7.90. The third-order valence-corrected chi connectivity index (χ3v) is 3.61. The normalized spacial score (nSPS) is 14.0. The van der Waals surface area contributed by atoms with E-state index in [2.05, 4.69) is 10.2 Å². The van der Waals surface area contributed by atoms with Crippen LogP contribution in [0.2, 0.25) is 0 Å². The van der Waals surface area contributed by atoms with Crippen LogP contribution in [-0.4, -0.2) is 48.8 Å². The van der Waals surface area contributed by atoms with Gasteiger partial charge < -0.3 is 18.9 Å². The van der Waals surface area contributed by atoms with Crippen LogP contribution in [0.15, 0.2) is 46.8 Å². The standard InChI is InChI=1S/C21H26N2O8/c1-13-6-8-18(9-7-13)23-22-11-10-19(29-15(3)25)21(31-17(5)27)20(30-16(4)26)12-28-14(2)24/h6-11,19-21H,12H2,1-5H3/b11-10+,23-22?/t19-,20-,21+/m1/s1. The monoisotopic (exact) mass is 434 g/mol. The first kappa shape index (κ1) is 25.5. The molecule has 0 saturated carbocycles. The molecule has 3 atom stereocenters. The van der Waals surface area contributed by atoms with Gasteiger partial charge >= 0.3 is 23.9 Å². The van der Waals surface area contributed by atoms with Gasteiger partial charge in [-0.05, 0) is 25.1 Å². The maximum atomic E-state index is 11.6. The number of rotatable bonds is 10. The van der Waals surface area contributed by atoms with Crippen molar-refractivity contribution >= 4 is 29.6 Å². The van der Waals surface area contributed by atoms with E-state index < -0.39 is 48.8 Å². The molecule has 10 nitrogen and oxygen atoms in total. The van der Waals surface area contributed by atoms with Crippen molar-refractivity contribution in [3.63, 3.8) is 0 Å². The number of ether oxygens (including phenoxy) is 4. The fourth-order valence-corrected chi connectivity index (χ4v) is 2.40. The minimum absolute atomic E-state index is 0.413. The zero-order valence-corrected chi connectivity index (χ0v) is 18.1. The highest BCUT2D eigenvalue weighted by Crippen LogP contribution is 2.17. The number of carbonyl (C=O) groups excluding carboxylic acids is 4. The molecule has 0 N–H and O–H groups in total. The number of carbonyl (C=O) groups is 4. The molecule has 0 unspecified atom stereocenters. The summed E-state index contributed by atoms with van der Waals surface area (Å²) in [5.74, 6) is -2.75. The van der Waals surface area contributed by atoms with Crippen molar-refractivity contribution in [2.75, 3.05) is 6.61 Å². The first-order chi connectivity index (χ1) is 14.6. The molecule has 10 heteroatoms. The third-order valence-electron chi connectivity index (χ3n) is 3.61. The number of nitrogens with zero attached hydrogens (tertiary/aromatic N) is 2. The second-order valence-corrected chi connectivity index (χ2v) is 6.49. The van der Waals surface area contributed by atoms with E-state index in [1.54, 1.807) is 12.1 Å². The lowest BCUT2D eigenvalue weighted by Crippen LogP contribution is -2.46. The van der Waals surface area contributed by atoms with Crippen LogP contribution in [0.3, 0.4) is 0 Å². The van der Waals surface area contributed by atoms with E-state index in [9.17, 15) is 19.2 Å². The van der Waals surface area contributed by atoms with Crippen molar-refractivity contribution in [2.24, 2.45) is 10.2 Å². The Morgan fingerprint density at radius 3 is 1.97 bits per heavy atom. The van der Waals surface area contributed by atoms with Crippen molar-refractivity contribution < 1.29 is 38.1 Å². The van der Waals surface area contributed by atoms with Gasteiger partial charge in [0.2, 0.25) is 0 Å². The molecule has 0 saturated heterocycles. The number of hydrogen-bond donors (Lipinski definition) is 0. The fourth-order valence-electron chi connectivity index (χ4n) is 2.40. The van der Waals surface area contributed by atoms with E-state index in [-0.39, 0.29) is 0 Å². The maximum Gasteiger partial charge on any atom is 0.303 e. The number of hydrogen-bond acceptors (Lipinski definition) is 10. The molecule has 0 heterocycles. The summed E-state index contributed by atoms with van der Waals surface area (Å²) in [6.07, 6.45) is -1.15. The Hall–Kier alpha value is -3.56. The molecule has 1 rings (SSSR count). The summed E-state index contributed by atoms with van der Waals surface area (Å²) in [6, 6.07) is 7.28. The van der Waals surface area contributed by atoms with Gasteiger partial charge in [0, 0.05) is 33.9 Å². The smallest absolute Gasteiger partial charge is 0.303 e. The predicted octanol–water partition coefficient (Wildman–Crippen LogP) is 2.95. The quantitative estimate of drug-likeness (QED) is 0.312. The van der Waals surface area contributed by atoms with Crippen LogP contribution in [0.5, 0.6) is 0 Å². The summed E-state index contributed by atoms with van der Waals surface area (Å²) in [7, 11) is 0. The molecule has 0 amide bonds. The molecule has 31 heavy (non-hydrogen) atoms. The Kier molecular flexibility index (Phi) is 10.6. The average molecular weight is 434 g/mol. The lowest BCUT2D eigenvalue weighted by molar-refractivity contribution is -0.185. The Bertz CT molecular complexity index is 832. The second-order valence-electron chi connectivity index (χ2n) is 6.49. The van der Waals surface area contributed by atoms with Gasteiger partial charge in [0.15, 0.2) is 18.3 Å². The summed E-state index contributed by atoms with van der Waals surface area (Å²) >= 11 is 0. The minimum atomic E-state index is -1.30. The Morgan fingerprint density at radius 2 is 1.45 bits per heavy atom. The van der Waals surface area contributed by atoms with Gasteiger partial charge in [-0.3, -0.25) is 19.2 Å². The number of azo groups is 1. The third kappa shape index (κ3) is 10.7. The van der Waals surface area contributed by atoms with Crippen LogP contribution in [0.1, 0.15) is 33.3 Å². The number of benzene rings is 1. The predicted molar refractivity (Wildman–Crippen MR) is 108 cm³/mol. The molecule has 0 aromatic heterocycles. The lowest BCUT2D eigenvalue weighted by Gasteiger charge is -2.30. The van der Waals surface area contributed by atoms with Gasteiger partial charge in [-0.15, -0.1) is 0 Å². The summed E-state index contributed by atoms with van der Waals surface area (Å²) in [5.41, 5.74) is 1.67. The fraction of sp³-hybridized carbons (Fsp3) is 0.429. The molecule has 0 aliphatic heterocycles. The zero-order chi connectivity index (χ0) is 23.4. The van der Waals surface area contributed by atoms with Crippen LogP contribution in [0, 0.1) is 6.92 Å². The summed E-state index contributed by atoms with van der Waals surface area (Å²) in [4.78, 5) is 45.9. The highest BCUT2D eigenvalue weighted by molar-refractivity contribution is 5.69. The van der Waals surface area contributed by atoms with E-state index in [1.165, 1.54) is 19.2 Å². The van der Waals surface area contributed by atoms with Crippen LogP contribution in [-0.2, 0) is 38.1 Å². The molecule has 0 aliphatic carbocycles. The molecule has 168 valence electrons. The van der Waals surface area contributed by atoms with Gasteiger partial charge in [-0.25, -0.2) is 0 Å². The molecular weight excluding hydrogens is 408 g/mol. The highest BCUT2D eigenvalue weighted by atomic mass is 16.6. The molecule has 0 aliphatic rings. The molecule has 0 bridgehead atoms. The van der Waals surface area contributed by atoms with E-state index in [4.69, 9.17) is 18.9 Å². The molecule has 0 spiro atoms. The second kappa shape index (κ2) is 12.9. The average Bonchev–Trinajstić information content (AvgIpc) is 2.66. The molecule has 0 radical (unpaired) electrons. The van der Waals surface area contributed by atoms with Gasteiger partial charge in [0.05, 0.1) is 5.69 Å². The zero-order valence-electron chi connectivity index (χ0n) is 18.1. The van der Waals surface area contributed by atoms with Crippen molar-refractivity contribution in [1.29, 1.82) is 0 Å². The van der Waals surface area contributed by atoms with Crippen molar-refractivity contribution in [2.45, 2.75) is 52.9 Å². The number of esters is 4. The van der Waals surface area contributed by atoms with E-state index in [1.807, 2.05) is 19.1 Å². The van der Waals surface area contributed by atoms with Crippen LogP contribution in [0.25, 0.3) is 0 Å². The lowest BCUT2D eigenvalue weighted by atomic mass is 10.1. The van der Waals surface area contributed by atoms with E-state index >= 15 is 0 Å². The molecule has 1 aromatic carbocycles. The maximum absolute atomic E-state index is 11.6. The molecule has 1 aromatic rings. The van der Waals surface area contributed by atoms with Crippen molar-refractivity contribution in [3.8, 4) is 0 Å². The van der Waals surface area contributed by atoms with Crippen LogP contribution < -0.4 is 0 Å². The molecule has 0 fully saturated rings. The van der Waals surface area contributed by atoms with Crippen LogP contribution >= 0.6 is 0 Å². The summed E-state index contributed by atoms with van der Waals surface area (Å²) in [6.45, 7) is 6.12. The highest BCUT2D eigenvalue weighted by Gasteiger charge is 2.36. The Labute approximate surface area is 180 Å². The summed E-state index contributed by atoms with van der Waals surface area (Å²) < 4.78 is 20.5. The van der Waals surface area contributed by atoms with Gasteiger partial charge in [0.25, 0.3) is 0 Å². The SMILES string of the molecule is CC(=O)OC[C@@H](OC(C)=O)[C@@H](OC(C)=O)[C@@H](/C=C/N=Nc1ccc(C)cc1)OC(C)=O. The Balaban J connectivity index is 3.14. The van der Waals surface area contributed by atoms with Gasteiger partial charge in [-0.2, -0.15) is 10.2 Å². The first-order valence-corrected chi connectivity index (χ1v) is 9.37. The van der Waals surface area contributed by atoms with Crippen molar-refractivity contribution in [3.05, 3.63) is 42.1 Å². The van der Waals surface area contributed by atoms with E-state index in [0.717, 1.165) is 26.3 Å². The topological polar surface area (TPSA) is 130 Å². The first-order valence-electron chi connectivity index (χ1n) is 9.37. The minimum Gasteiger partial charge on any atom is -0.462 e. The van der Waals surface area contributed by atoms with Gasteiger partial charge in [-0.1, -0.05) is 17.7 Å². The Morgan fingerprint density at radius 1 is 0.871 bits per heavy atom. The van der Waals surface area contributed by atoms with Gasteiger partial charge in [0.1, 0.15) is 6.61 Å².